The molecular weight excluding hydrogens is 464 g/mol. The van der Waals surface area contributed by atoms with Gasteiger partial charge in [-0.05, 0) is 41.3 Å². The van der Waals surface area contributed by atoms with E-state index in [4.69, 9.17) is 4.74 Å². The average Bonchev–Trinajstić information content (AvgIpc) is 3.31. The summed E-state index contributed by atoms with van der Waals surface area (Å²) >= 11 is 1.37. The Morgan fingerprint density at radius 1 is 1.30 bits per heavy atom. The molecule has 0 radical (unpaired) electrons. The van der Waals surface area contributed by atoms with Crippen LogP contribution >= 0.6 is 11.3 Å². The van der Waals surface area contributed by atoms with Crippen LogP contribution in [0.1, 0.15) is 36.1 Å². The smallest absolute Gasteiger partial charge is 0.340 e. The van der Waals surface area contributed by atoms with Crippen LogP contribution in [0.25, 0.3) is 11.1 Å². The van der Waals surface area contributed by atoms with E-state index in [9.17, 15) is 9.90 Å². The Kier molecular flexibility index (Phi) is 7.86. The average molecular weight is 491 g/mol. The van der Waals surface area contributed by atoms with Crippen LogP contribution in [-0.4, -0.2) is 22.2 Å². The largest absolute Gasteiger partial charge is 1.00 e. The van der Waals surface area contributed by atoms with Crippen molar-refractivity contribution >= 4 is 17.3 Å². The summed E-state index contributed by atoms with van der Waals surface area (Å²) in [6.45, 7) is 4.31. The normalized spacial score (nSPS) is 14.2. The number of hydrogen-bond acceptors (Lipinski definition) is 4. The molecule has 1 N–H and O–H groups in total. The Bertz CT molecular complexity index is 966. The van der Waals surface area contributed by atoms with Crippen LogP contribution < -0.4 is 21.5 Å². The fourth-order valence-electron chi connectivity index (χ4n) is 3.53. The van der Waals surface area contributed by atoms with E-state index < -0.39 is 12.1 Å². The van der Waals surface area contributed by atoms with Gasteiger partial charge in [0.15, 0.2) is 6.10 Å². The van der Waals surface area contributed by atoms with Crippen molar-refractivity contribution in [3.8, 4) is 11.1 Å². The number of benzene rings is 1. The van der Waals surface area contributed by atoms with Crippen molar-refractivity contribution < 1.29 is 36.2 Å². The molecule has 0 spiro atoms. The van der Waals surface area contributed by atoms with Gasteiger partial charge in [-0.3, -0.25) is 0 Å². The van der Waals surface area contributed by atoms with Gasteiger partial charge in [0.25, 0.3) is 5.82 Å². The predicted octanol–water partition coefficient (Wildman–Crippen LogP) is 0.893. The van der Waals surface area contributed by atoms with Gasteiger partial charge in [0.2, 0.25) is 0 Å². The van der Waals surface area contributed by atoms with E-state index in [-0.39, 0.29) is 17.0 Å². The summed E-state index contributed by atoms with van der Waals surface area (Å²) in [5, 5.41) is 12.4. The summed E-state index contributed by atoms with van der Waals surface area (Å²) in [6, 6.07) is 11.7. The number of aryl methyl sites for hydroxylation is 1. The number of aliphatic hydroxyl groups is 1. The quantitative estimate of drug-likeness (QED) is 0.275. The second-order valence-electron chi connectivity index (χ2n) is 7.62. The molecule has 2 heterocycles. The number of hydrogen-bond donors (Lipinski definition) is 1. The third kappa shape index (κ3) is 5.39. The van der Waals surface area contributed by atoms with Crippen molar-refractivity contribution in [2.75, 3.05) is 6.61 Å². The fraction of sp³-hybridized carbons (Fsp3) is 0.391. The van der Waals surface area contributed by atoms with Crippen LogP contribution in [0.3, 0.4) is 0 Å². The Hall–Kier alpha value is -1.96. The van der Waals surface area contributed by atoms with E-state index in [1.165, 1.54) is 30.0 Å². The van der Waals surface area contributed by atoms with Crippen molar-refractivity contribution in [3.05, 3.63) is 64.9 Å². The number of carbonyl (C=O) groups is 1. The van der Waals surface area contributed by atoms with E-state index >= 15 is 0 Å². The minimum absolute atomic E-state index is 0. The summed E-state index contributed by atoms with van der Waals surface area (Å²) in [5.41, 5.74) is 1.86. The van der Waals surface area contributed by atoms with Crippen molar-refractivity contribution in [1.82, 2.24) is 4.57 Å². The summed E-state index contributed by atoms with van der Waals surface area (Å²) < 4.78 is 9.85. The predicted molar refractivity (Wildman–Crippen MR) is 112 cm³/mol. The molecule has 1 aromatic carbocycles. The molecule has 30 heavy (non-hydrogen) atoms. The van der Waals surface area contributed by atoms with E-state index in [0.717, 1.165) is 30.1 Å². The van der Waals surface area contributed by atoms with E-state index in [2.05, 4.69) is 28.5 Å². The minimum Gasteiger partial charge on any atom is -1.00 e. The zero-order valence-electron chi connectivity index (χ0n) is 17.0. The van der Waals surface area contributed by atoms with Gasteiger partial charge in [-0.15, -0.1) is 11.3 Å². The lowest BCUT2D eigenvalue weighted by molar-refractivity contribution is -0.705. The molecule has 5 nitrogen and oxygen atoms in total. The number of halogens is 1. The van der Waals surface area contributed by atoms with Gasteiger partial charge in [0.05, 0.1) is 24.6 Å². The van der Waals surface area contributed by atoms with Crippen molar-refractivity contribution in [2.24, 2.45) is 5.92 Å². The molecular formula is C23H27BrN2O3S. The van der Waals surface area contributed by atoms with Gasteiger partial charge in [0.1, 0.15) is 12.4 Å². The van der Waals surface area contributed by atoms with Crippen LogP contribution in [0, 0.1) is 12.8 Å². The number of carbonyl (C=O) groups excluding carboxylic acids is 1. The topological polar surface area (TPSA) is 55.3 Å². The van der Waals surface area contributed by atoms with Gasteiger partial charge in [-0.2, -0.15) is 0 Å². The lowest BCUT2D eigenvalue weighted by Gasteiger charge is -2.11. The minimum atomic E-state index is -1.25. The molecule has 1 atom stereocenters. The molecule has 0 aliphatic heterocycles. The molecule has 3 aromatic rings. The van der Waals surface area contributed by atoms with Crippen molar-refractivity contribution in [3.63, 3.8) is 0 Å². The first-order valence-corrected chi connectivity index (χ1v) is 11.0. The summed E-state index contributed by atoms with van der Waals surface area (Å²) in [5.74, 6) is 1.49. The molecule has 1 unspecified atom stereocenters. The van der Waals surface area contributed by atoms with Crippen LogP contribution in [0.4, 0.5) is 0 Å². The fourth-order valence-corrected chi connectivity index (χ4v) is 4.42. The maximum Gasteiger partial charge on any atom is 0.340 e. The molecule has 1 aliphatic rings. The lowest BCUT2D eigenvalue weighted by Crippen LogP contribution is -3.00. The van der Waals surface area contributed by atoms with Crippen molar-refractivity contribution in [2.45, 2.75) is 45.4 Å². The molecule has 0 amide bonds. The summed E-state index contributed by atoms with van der Waals surface area (Å²) in [4.78, 5) is 13.0. The van der Waals surface area contributed by atoms with Gasteiger partial charge in [-0.25, -0.2) is 13.9 Å². The number of rotatable bonds is 9. The van der Waals surface area contributed by atoms with Crippen LogP contribution in [0.2, 0.25) is 0 Å². The summed E-state index contributed by atoms with van der Waals surface area (Å²) in [7, 11) is 0. The first-order chi connectivity index (χ1) is 14.1. The molecule has 4 rings (SSSR count). The molecule has 2 aromatic heterocycles. The lowest BCUT2D eigenvalue weighted by atomic mass is 10.0. The van der Waals surface area contributed by atoms with E-state index in [1.807, 2.05) is 41.8 Å². The molecule has 7 heteroatoms. The second-order valence-corrected chi connectivity index (χ2v) is 8.57. The van der Waals surface area contributed by atoms with Crippen LogP contribution in [0.5, 0.6) is 0 Å². The third-order valence-corrected chi connectivity index (χ3v) is 6.42. The Labute approximate surface area is 191 Å². The maximum atomic E-state index is 12.4. The number of aromatic nitrogens is 2. The highest BCUT2D eigenvalue weighted by Crippen LogP contribution is 2.33. The zero-order chi connectivity index (χ0) is 20.2. The standard InChI is InChI=1S/C23H27N2O3S.BrH/c1-17-24(12-13-25(17)16-18-8-9-18)11-5-14-28-23(27)21(26)22-20(10-15-29-22)19-6-3-2-4-7-19;/h2-4,6-7,10,12-13,15,18,21,26H,5,8-9,11,14,16H2,1H3;1H/q+1;/p-1. The van der Waals surface area contributed by atoms with Crippen molar-refractivity contribution in [1.29, 1.82) is 0 Å². The van der Waals surface area contributed by atoms with Gasteiger partial charge >= 0.3 is 5.97 Å². The monoisotopic (exact) mass is 490 g/mol. The number of aliphatic hydroxyl groups excluding tert-OH is 1. The summed E-state index contributed by atoms with van der Waals surface area (Å²) in [6.07, 6.45) is 6.36. The third-order valence-electron chi connectivity index (χ3n) is 5.45. The van der Waals surface area contributed by atoms with E-state index in [1.54, 1.807) is 0 Å². The maximum absolute atomic E-state index is 12.4. The SMILES string of the molecule is Cc1n(CCCOC(=O)C(O)c2sccc2-c2ccccc2)cc[n+]1CC1CC1.[Br-]. The van der Waals surface area contributed by atoms with Crippen LogP contribution in [0.15, 0.2) is 54.2 Å². The Balaban J connectivity index is 0.00000256. The highest BCUT2D eigenvalue weighted by molar-refractivity contribution is 7.10. The molecule has 1 fully saturated rings. The number of thiophene rings is 1. The highest BCUT2D eigenvalue weighted by Gasteiger charge is 2.26. The molecule has 0 bridgehead atoms. The molecule has 1 saturated carbocycles. The first-order valence-electron chi connectivity index (χ1n) is 10.2. The highest BCUT2D eigenvalue weighted by atomic mass is 79.9. The van der Waals surface area contributed by atoms with Gasteiger partial charge in [-0.1, -0.05) is 30.3 Å². The van der Waals surface area contributed by atoms with Gasteiger partial charge in [0, 0.05) is 13.3 Å². The molecule has 0 saturated heterocycles. The molecule has 160 valence electrons. The number of esters is 1. The zero-order valence-corrected chi connectivity index (χ0v) is 19.4. The van der Waals surface area contributed by atoms with Gasteiger partial charge < -0.3 is 26.8 Å². The number of imidazole rings is 1. The van der Waals surface area contributed by atoms with Crippen LogP contribution in [-0.2, 0) is 22.6 Å². The Morgan fingerprint density at radius 2 is 2.07 bits per heavy atom. The second kappa shape index (κ2) is 10.4. The first kappa shape index (κ1) is 22.7. The number of ether oxygens (including phenoxy) is 1. The van der Waals surface area contributed by atoms with E-state index in [0.29, 0.717) is 17.9 Å². The Morgan fingerprint density at radius 3 is 2.80 bits per heavy atom. The molecule has 1 aliphatic carbocycles. The number of nitrogens with zero attached hydrogens (tertiary/aromatic N) is 2.